The minimum absolute atomic E-state index is 0.0140. The number of rotatable bonds is 3. The van der Waals surface area contributed by atoms with Crippen molar-refractivity contribution in [3.05, 3.63) is 87.2 Å². The molecule has 1 fully saturated rings. The molecule has 0 amide bonds. The van der Waals surface area contributed by atoms with Crippen molar-refractivity contribution < 1.29 is 22.8 Å². The van der Waals surface area contributed by atoms with E-state index < -0.39 is 17.3 Å². The fourth-order valence-corrected chi connectivity index (χ4v) is 2.85. The average Bonchev–Trinajstić information content (AvgIpc) is 3.11. The van der Waals surface area contributed by atoms with E-state index in [0.29, 0.717) is 11.1 Å². The third-order valence-electron chi connectivity index (χ3n) is 4.33. The summed E-state index contributed by atoms with van der Waals surface area (Å²) in [6, 6.07) is 14.5. The minimum atomic E-state index is -4.54. The smallest absolute Gasteiger partial charge is 0.439 e. The van der Waals surface area contributed by atoms with Crippen molar-refractivity contribution in [1.29, 1.82) is 0 Å². The van der Waals surface area contributed by atoms with E-state index in [1.54, 1.807) is 37.3 Å². The first-order valence-electron chi connectivity index (χ1n) is 8.71. The Labute approximate surface area is 165 Å². The highest BCUT2D eigenvalue weighted by molar-refractivity contribution is 5.44. The Morgan fingerprint density at radius 2 is 1.86 bits per heavy atom. The Balaban J connectivity index is 1.80. The summed E-state index contributed by atoms with van der Waals surface area (Å²) in [5.74, 6) is 5.75. The highest BCUT2D eigenvalue weighted by atomic mass is 19.4. The summed E-state index contributed by atoms with van der Waals surface area (Å²) in [6.45, 7) is 1.67. The molecular formula is C21H17F3N2O3. The zero-order valence-corrected chi connectivity index (χ0v) is 15.4. The molecule has 0 spiro atoms. The van der Waals surface area contributed by atoms with Crippen molar-refractivity contribution in [3.63, 3.8) is 0 Å². The Hall–Kier alpha value is -3.31. The van der Waals surface area contributed by atoms with Crippen LogP contribution < -0.4 is 0 Å². The molecule has 1 unspecified atom stereocenters. The summed E-state index contributed by atoms with van der Waals surface area (Å²) in [4.78, 5) is 11.4. The molecule has 5 nitrogen and oxygen atoms in total. The molecule has 0 aromatic heterocycles. The maximum atomic E-state index is 13.4. The van der Waals surface area contributed by atoms with Crippen molar-refractivity contribution in [2.24, 2.45) is 0 Å². The van der Waals surface area contributed by atoms with Gasteiger partial charge in [-0.25, -0.2) is 4.90 Å². The molecule has 1 aliphatic heterocycles. The third kappa shape index (κ3) is 5.15. The lowest BCUT2D eigenvalue weighted by atomic mass is 10.2. The molecule has 1 atom stereocenters. The highest BCUT2D eigenvalue weighted by Gasteiger charge is 2.50. The van der Waals surface area contributed by atoms with E-state index in [9.17, 15) is 23.3 Å². The van der Waals surface area contributed by atoms with Crippen molar-refractivity contribution >= 4 is 5.69 Å². The third-order valence-corrected chi connectivity index (χ3v) is 4.33. The van der Waals surface area contributed by atoms with Gasteiger partial charge in [-0.1, -0.05) is 42.2 Å². The molecule has 0 N–H and O–H groups in total. The lowest BCUT2D eigenvalue weighted by molar-refractivity contribution is -0.384. The predicted molar refractivity (Wildman–Crippen MR) is 100 cm³/mol. The number of nitrogens with zero attached hydrogens (tertiary/aromatic N) is 2. The molecule has 8 heteroatoms. The Morgan fingerprint density at radius 1 is 1.21 bits per heavy atom. The van der Waals surface area contributed by atoms with E-state index in [2.05, 4.69) is 11.8 Å². The summed E-state index contributed by atoms with van der Waals surface area (Å²) in [5, 5.41) is 10.7. The molecule has 1 aliphatic rings. The van der Waals surface area contributed by atoms with Gasteiger partial charge in [-0.3, -0.25) is 10.1 Å². The van der Waals surface area contributed by atoms with Gasteiger partial charge in [0, 0.05) is 29.8 Å². The number of allylic oxidation sites excluding steroid dienone is 1. The molecule has 0 saturated carbocycles. The topological polar surface area (TPSA) is 55.6 Å². The second-order valence-corrected chi connectivity index (χ2v) is 6.50. The molecule has 1 heterocycles. The van der Waals surface area contributed by atoms with Gasteiger partial charge in [-0.2, -0.15) is 13.2 Å². The summed E-state index contributed by atoms with van der Waals surface area (Å²) in [5.41, 5.74) is 1.59. The maximum absolute atomic E-state index is 13.4. The number of non-ortho nitro benzene ring substituents is 1. The quantitative estimate of drug-likeness (QED) is 0.426. The molecule has 2 aromatic rings. The first kappa shape index (κ1) is 20.4. The van der Waals surface area contributed by atoms with Crippen molar-refractivity contribution in [3.8, 4) is 11.8 Å². The van der Waals surface area contributed by atoms with E-state index in [0.717, 1.165) is 5.56 Å². The summed E-state index contributed by atoms with van der Waals surface area (Å²) >= 11 is 0. The summed E-state index contributed by atoms with van der Waals surface area (Å²) in [7, 11) is 0. The number of hydrogen-bond acceptors (Lipinski definition) is 4. The SMILES string of the molecule is C/C(C#Cc1ccc([N+](=O)[O-])cc1)=C1/CN(Cc2ccccc2)C(C(F)(F)F)O1. The van der Waals surface area contributed by atoms with E-state index in [1.807, 2.05) is 0 Å². The van der Waals surface area contributed by atoms with Crippen LogP contribution in [0.25, 0.3) is 0 Å². The Morgan fingerprint density at radius 3 is 2.45 bits per heavy atom. The zero-order chi connectivity index (χ0) is 21.0. The van der Waals surface area contributed by atoms with Gasteiger partial charge in [0.15, 0.2) is 0 Å². The number of alkyl halides is 3. The van der Waals surface area contributed by atoms with Crippen LogP contribution in [0.15, 0.2) is 65.9 Å². The Bertz CT molecular complexity index is 974. The lowest BCUT2D eigenvalue weighted by Gasteiger charge is -2.23. The normalized spacial score (nSPS) is 18.6. The van der Waals surface area contributed by atoms with Gasteiger partial charge < -0.3 is 4.74 Å². The molecule has 29 heavy (non-hydrogen) atoms. The Kier molecular flexibility index (Phi) is 5.89. The molecular weight excluding hydrogens is 385 g/mol. The number of nitro groups is 1. The molecule has 0 bridgehead atoms. The van der Waals surface area contributed by atoms with Crippen LogP contribution in [0.5, 0.6) is 0 Å². The van der Waals surface area contributed by atoms with Crippen LogP contribution in [0.3, 0.4) is 0 Å². The van der Waals surface area contributed by atoms with E-state index in [-0.39, 0.29) is 24.5 Å². The molecule has 1 saturated heterocycles. The molecule has 0 radical (unpaired) electrons. The van der Waals surface area contributed by atoms with Crippen LogP contribution in [-0.2, 0) is 11.3 Å². The summed E-state index contributed by atoms with van der Waals surface area (Å²) in [6.07, 6.45) is -6.57. The predicted octanol–water partition coefficient (Wildman–Crippen LogP) is 4.64. The fourth-order valence-electron chi connectivity index (χ4n) is 2.85. The molecule has 2 aromatic carbocycles. The highest BCUT2D eigenvalue weighted by Crippen LogP contribution is 2.34. The van der Waals surface area contributed by atoms with Crippen LogP contribution in [0.4, 0.5) is 18.9 Å². The first-order valence-corrected chi connectivity index (χ1v) is 8.71. The van der Waals surface area contributed by atoms with Crippen LogP contribution in [0.1, 0.15) is 18.1 Å². The van der Waals surface area contributed by atoms with Gasteiger partial charge in [0.25, 0.3) is 5.69 Å². The second kappa shape index (κ2) is 8.37. The van der Waals surface area contributed by atoms with Crippen LogP contribution >= 0.6 is 0 Å². The lowest BCUT2D eigenvalue weighted by Crippen LogP contribution is -2.41. The molecule has 3 rings (SSSR count). The monoisotopic (exact) mass is 402 g/mol. The zero-order valence-electron chi connectivity index (χ0n) is 15.4. The van der Waals surface area contributed by atoms with E-state index in [1.165, 1.54) is 29.2 Å². The van der Waals surface area contributed by atoms with Gasteiger partial charge in [-0.15, -0.1) is 0 Å². The molecule has 150 valence electrons. The van der Waals surface area contributed by atoms with Gasteiger partial charge in [0.05, 0.1) is 11.5 Å². The van der Waals surface area contributed by atoms with Crippen LogP contribution in [0.2, 0.25) is 0 Å². The van der Waals surface area contributed by atoms with Crippen molar-refractivity contribution in [2.75, 3.05) is 6.54 Å². The number of ether oxygens (including phenoxy) is 1. The van der Waals surface area contributed by atoms with Gasteiger partial charge in [-0.05, 0) is 24.6 Å². The molecule has 0 aliphatic carbocycles. The second-order valence-electron chi connectivity index (χ2n) is 6.50. The number of nitro benzene ring substituents is 1. The number of halogens is 3. The summed E-state index contributed by atoms with van der Waals surface area (Å²) < 4.78 is 45.5. The maximum Gasteiger partial charge on any atom is 0.439 e. The fraction of sp³-hybridized carbons (Fsp3) is 0.238. The van der Waals surface area contributed by atoms with Crippen molar-refractivity contribution in [1.82, 2.24) is 4.90 Å². The van der Waals surface area contributed by atoms with Crippen molar-refractivity contribution in [2.45, 2.75) is 25.9 Å². The standard InChI is InChI=1S/C21H17F3N2O3/c1-15(7-8-16-9-11-18(12-10-16)26(27)28)19-14-25(20(29-19)21(22,23)24)13-17-5-3-2-4-6-17/h2-6,9-12,20H,13-14H2,1H3/b19-15+. The van der Waals surface area contributed by atoms with Crippen LogP contribution in [0, 0.1) is 22.0 Å². The van der Waals surface area contributed by atoms with E-state index >= 15 is 0 Å². The van der Waals surface area contributed by atoms with Gasteiger partial charge >= 0.3 is 6.18 Å². The van der Waals surface area contributed by atoms with E-state index in [4.69, 9.17) is 4.74 Å². The minimum Gasteiger partial charge on any atom is -0.467 e. The van der Waals surface area contributed by atoms with Gasteiger partial charge in [0.2, 0.25) is 6.23 Å². The van der Waals surface area contributed by atoms with Crippen LogP contribution in [-0.4, -0.2) is 28.8 Å². The average molecular weight is 402 g/mol. The van der Waals surface area contributed by atoms with Gasteiger partial charge in [0.1, 0.15) is 5.76 Å². The number of hydrogen-bond donors (Lipinski definition) is 0. The first-order chi connectivity index (χ1) is 13.7. The largest absolute Gasteiger partial charge is 0.467 e. The number of benzene rings is 2.